The van der Waals surface area contributed by atoms with E-state index in [-0.39, 0.29) is 28.1 Å². The molecule has 4 aromatic rings. The Labute approximate surface area is 238 Å². The number of halogens is 1. The standard InChI is InChI=1S/C30H24FN3O4S2/c1-16-7-9-18(10-8-16)15-39-30-33-32-29(40-30)34-25(21-5-3-4-6-22(21)31)24(27(36)28(34)37)26(35)19-11-12-23-20(14-19)13-17(2)38-23/h3-12,14,17,25,35H,13,15H2,1-2H3/t17-,25-/m0/s1. The quantitative estimate of drug-likeness (QED) is 0.0961. The predicted octanol–water partition coefficient (Wildman–Crippen LogP) is 6.23. The number of carbonyl (C=O) groups is 2. The van der Waals surface area contributed by atoms with Crippen molar-refractivity contribution in [2.75, 3.05) is 4.90 Å². The van der Waals surface area contributed by atoms with Crippen LogP contribution in [-0.4, -0.2) is 33.1 Å². The first-order valence-corrected chi connectivity index (χ1v) is 14.5. The van der Waals surface area contributed by atoms with E-state index in [1.165, 1.54) is 35.5 Å². The molecule has 1 N–H and O–H groups in total. The number of hydrogen-bond acceptors (Lipinski definition) is 8. The minimum Gasteiger partial charge on any atom is -0.507 e. The van der Waals surface area contributed by atoms with Crippen LogP contribution in [0.3, 0.4) is 0 Å². The molecule has 0 spiro atoms. The second-order valence-corrected chi connectivity index (χ2v) is 11.9. The Morgan fingerprint density at radius 1 is 1.12 bits per heavy atom. The summed E-state index contributed by atoms with van der Waals surface area (Å²) in [6.07, 6.45) is 0.641. The number of Topliss-reactive ketones (excluding diaryl/α,β-unsaturated/α-hetero) is 1. The molecule has 6 rings (SSSR count). The maximum absolute atomic E-state index is 15.2. The van der Waals surface area contributed by atoms with Crippen molar-refractivity contribution >= 4 is 45.7 Å². The number of rotatable bonds is 6. The Morgan fingerprint density at radius 2 is 1.90 bits per heavy atom. The maximum atomic E-state index is 15.2. The van der Waals surface area contributed by atoms with Crippen molar-refractivity contribution in [3.05, 3.63) is 106 Å². The second-order valence-electron chi connectivity index (χ2n) is 9.77. The third-order valence-electron chi connectivity index (χ3n) is 6.90. The summed E-state index contributed by atoms with van der Waals surface area (Å²) >= 11 is 2.59. The van der Waals surface area contributed by atoms with Crippen LogP contribution in [0.4, 0.5) is 9.52 Å². The number of ketones is 1. The molecule has 7 nitrogen and oxygen atoms in total. The van der Waals surface area contributed by atoms with Crippen molar-refractivity contribution in [1.82, 2.24) is 10.2 Å². The fourth-order valence-corrected chi connectivity index (χ4v) is 6.76. The lowest BCUT2D eigenvalue weighted by Gasteiger charge is -2.22. The molecule has 202 valence electrons. The molecule has 0 bridgehead atoms. The van der Waals surface area contributed by atoms with Crippen LogP contribution < -0.4 is 9.64 Å². The van der Waals surface area contributed by atoms with E-state index in [2.05, 4.69) is 10.2 Å². The third kappa shape index (κ3) is 4.77. The second kappa shape index (κ2) is 10.5. The van der Waals surface area contributed by atoms with E-state index in [1.54, 1.807) is 24.3 Å². The summed E-state index contributed by atoms with van der Waals surface area (Å²) < 4.78 is 21.5. The minimum atomic E-state index is -1.22. The zero-order valence-electron chi connectivity index (χ0n) is 21.6. The molecule has 40 heavy (non-hydrogen) atoms. The molecule has 1 fully saturated rings. The molecule has 0 unspecified atom stereocenters. The molecule has 0 saturated carbocycles. The van der Waals surface area contributed by atoms with Crippen LogP contribution in [0, 0.1) is 12.7 Å². The Bertz CT molecular complexity index is 1670. The number of aromatic nitrogens is 2. The minimum absolute atomic E-state index is 0.00753. The predicted molar refractivity (Wildman–Crippen MR) is 152 cm³/mol. The van der Waals surface area contributed by atoms with E-state index in [1.807, 2.05) is 38.1 Å². The lowest BCUT2D eigenvalue weighted by molar-refractivity contribution is -0.132. The number of carbonyl (C=O) groups excluding carboxylic acids is 2. The molecular formula is C30H24FN3O4S2. The first-order chi connectivity index (χ1) is 19.3. The van der Waals surface area contributed by atoms with Crippen LogP contribution in [0.2, 0.25) is 0 Å². The maximum Gasteiger partial charge on any atom is 0.301 e. The first-order valence-electron chi connectivity index (χ1n) is 12.7. The normalized spacial score (nSPS) is 19.6. The van der Waals surface area contributed by atoms with E-state index in [0.717, 1.165) is 27.4 Å². The number of anilines is 1. The SMILES string of the molecule is Cc1ccc(CSc2nnc(N3C(=O)C(=O)C(=C(O)c4ccc5c(c4)C[C@H](C)O5)[C@@H]3c3ccccc3F)s2)cc1. The topological polar surface area (TPSA) is 92.6 Å². The van der Waals surface area contributed by atoms with Crippen LogP contribution in [0.15, 0.2) is 76.6 Å². The summed E-state index contributed by atoms with van der Waals surface area (Å²) in [4.78, 5) is 28.0. The van der Waals surface area contributed by atoms with Gasteiger partial charge in [0.05, 0.1) is 5.57 Å². The van der Waals surface area contributed by atoms with Crippen LogP contribution in [0.1, 0.15) is 40.8 Å². The van der Waals surface area contributed by atoms with Gasteiger partial charge in [-0.15, -0.1) is 10.2 Å². The van der Waals surface area contributed by atoms with Gasteiger partial charge in [-0.2, -0.15) is 0 Å². The molecule has 3 heterocycles. The van der Waals surface area contributed by atoms with Crippen LogP contribution in [0.25, 0.3) is 5.76 Å². The highest BCUT2D eigenvalue weighted by Crippen LogP contribution is 2.45. The molecule has 1 saturated heterocycles. The Hall–Kier alpha value is -4.02. The van der Waals surface area contributed by atoms with E-state index < -0.39 is 23.5 Å². The number of amides is 1. The molecule has 3 aromatic carbocycles. The Kier molecular flexibility index (Phi) is 6.89. The highest BCUT2D eigenvalue weighted by molar-refractivity contribution is 8.00. The van der Waals surface area contributed by atoms with Crippen LogP contribution in [-0.2, 0) is 21.8 Å². The number of aliphatic hydroxyl groups excluding tert-OH is 1. The number of ether oxygens (including phenoxy) is 1. The van der Waals surface area contributed by atoms with Crippen molar-refractivity contribution in [2.45, 2.75) is 42.5 Å². The molecule has 10 heteroatoms. The summed E-state index contributed by atoms with van der Waals surface area (Å²) in [5, 5.41) is 20.0. The Morgan fingerprint density at radius 3 is 2.67 bits per heavy atom. The van der Waals surface area contributed by atoms with Crippen molar-refractivity contribution in [2.24, 2.45) is 0 Å². The summed E-state index contributed by atoms with van der Waals surface area (Å²) in [6, 6.07) is 17.9. The van der Waals surface area contributed by atoms with Crippen molar-refractivity contribution in [3.63, 3.8) is 0 Å². The smallest absolute Gasteiger partial charge is 0.301 e. The van der Waals surface area contributed by atoms with Gasteiger partial charge in [0.1, 0.15) is 29.5 Å². The van der Waals surface area contributed by atoms with Gasteiger partial charge in [0.2, 0.25) is 5.13 Å². The molecule has 1 amide bonds. The van der Waals surface area contributed by atoms with Gasteiger partial charge in [0, 0.05) is 23.3 Å². The van der Waals surface area contributed by atoms with Crippen molar-refractivity contribution in [1.29, 1.82) is 0 Å². The van der Waals surface area contributed by atoms with Gasteiger partial charge in [0.15, 0.2) is 4.34 Å². The molecule has 2 aliphatic heterocycles. The molecule has 0 radical (unpaired) electrons. The number of hydrogen-bond donors (Lipinski definition) is 1. The van der Waals surface area contributed by atoms with E-state index >= 15 is 4.39 Å². The largest absolute Gasteiger partial charge is 0.507 e. The van der Waals surface area contributed by atoms with Crippen LogP contribution in [0.5, 0.6) is 5.75 Å². The number of nitrogens with zero attached hydrogens (tertiary/aromatic N) is 3. The van der Waals surface area contributed by atoms with Gasteiger partial charge in [-0.05, 0) is 49.2 Å². The highest BCUT2D eigenvalue weighted by Gasteiger charge is 2.49. The number of benzene rings is 3. The molecular weight excluding hydrogens is 549 g/mol. The monoisotopic (exact) mass is 573 g/mol. The van der Waals surface area contributed by atoms with Gasteiger partial charge >= 0.3 is 5.91 Å². The van der Waals surface area contributed by atoms with E-state index in [0.29, 0.717) is 27.8 Å². The lowest BCUT2D eigenvalue weighted by atomic mass is 9.94. The first kappa shape index (κ1) is 26.2. The fraction of sp³-hybridized carbons (Fsp3) is 0.200. The third-order valence-corrected chi connectivity index (χ3v) is 9.03. The molecule has 2 aliphatic rings. The summed E-state index contributed by atoms with van der Waals surface area (Å²) in [5.41, 5.74) is 3.37. The number of aliphatic hydroxyl groups is 1. The average Bonchev–Trinajstić information content (AvgIpc) is 3.63. The zero-order chi connectivity index (χ0) is 28.0. The molecule has 0 aliphatic carbocycles. The van der Waals surface area contributed by atoms with Gasteiger partial charge in [-0.1, -0.05) is 71.1 Å². The number of thioether (sulfide) groups is 1. The lowest BCUT2D eigenvalue weighted by Crippen LogP contribution is -2.29. The number of aryl methyl sites for hydroxylation is 1. The Balaban J connectivity index is 1.39. The van der Waals surface area contributed by atoms with Crippen LogP contribution >= 0.6 is 23.1 Å². The van der Waals surface area contributed by atoms with Gasteiger partial charge < -0.3 is 9.84 Å². The average molecular weight is 574 g/mol. The summed E-state index contributed by atoms with van der Waals surface area (Å²) in [5.74, 6) is -1.46. The summed E-state index contributed by atoms with van der Waals surface area (Å²) in [7, 11) is 0. The zero-order valence-corrected chi connectivity index (χ0v) is 23.3. The van der Waals surface area contributed by atoms with Gasteiger partial charge in [0.25, 0.3) is 5.78 Å². The number of fused-ring (bicyclic) bond motifs is 1. The van der Waals surface area contributed by atoms with E-state index in [4.69, 9.17) is 4.74 Å². The fourth-order valence-electron chi connectivity index (χ4n) is 4.93. The van der Waals surface area contributed by atoms with Gasteiger partial charge in [-0.25, -0.2) is 4.39 Å². The highest BCUT2D eigenvalue weighted by atomic mass is 32.2. The molecule has 2 atom stereocenters. The molecule has 1 aromatic heterocycles. The van der Waals surface area contributed by atoms with Crippen molar-refractivity contribution < 1.29 is 23.8 Å². The van der Waals surface area contributed by atoms with Crippen molar-refractivity contribution in [3.8, 4) is 5.75 Å². The summed E-state index contributed by atoms with van der Waals surface area (Å²) in [6.45, 7) is 3.96. The van der Waals surface area contributed by atoms with E-state index in [9.17, 15) is 14.7 Å². The van der Waals surface area contributed by atoms with Gasteiger partial charge in [-0.3, -0.25) is 14.5 Å².